The van der Waals surface area contributed by atoms with Crippen molar-refractivity contribution >= 4 is 34.9 Å². The summed E-state index contributed by atoms with van der Waals surface area (Å²) in [5.41, 5.74) is 1.89. The fourth-order valence-corrected chi connectivity index (χ4v) is 3.53. The minimum Gasteiger partial charge on any atom is -0.497 e. The van der Waals surface area contributed by atoms with E-state index in [1.54, 1.807) is 7.11 Å². The summed E-state index contributed by atoms with van der Waals surface area (Å²) in [5.74, 6) is 1.20. The molecule has 2 amide bonds. The molecule has 0 radical (unpaired) electrons. The Morgan fingerprint density at radius 1 is 1.19 bits per heavy atom. The Morgan fingerprint density at radius 3 is 2.67 bits per heavy atom. The van der Waals surface area contributed by atoms with Gasteiger partial charge in [-0.25, -0.2) is 4.79 Å². The third kappa shape index (κ3) is 5.76. The fraction of sp³-hybridized carbons (Fsp3) is 0.350. The summed E-state index contributed by atoms with van der Waals surface area (Å²) in [5, 5.41) is 6.95. The molecule has 1 atom stereocenters. The minimum absolute atomic E-state index is 0.192. The number of halogens is 2. The van der Waals surface area contributed by atoms with Crippen molar-refractivity contribution in [2.24, 2.45) is 5.92 Å². The number of methoxy groups -OCH3 is 1. The van der Waals surface area contributed by atoms with E-state index in [9.17, 15) is 4.79 Å². The minimum atomic E-state index is -0.192. The molecule has 1 aliphatic heterocycles. The number of likely N-dealkylation sites (tertiary alicyclic amines) is 1. The lowest BCUT2D eigenvalue weighted by molar-refractivity contribution is 0.249. The molecule has 2 N–H and O–H groups in total. The first-order valence-electron chi connectivity index (χ1n) is 8.88. The molecule has 2 aromatic carbocycles. The van der Waals surface area contributed by atoms with Gasteiger partial charge in [-0.05, 0) is 60.8 Å². The molecule has 0 aromatic heterocycles. The molecule has 27 heavy (non-hydrogen) atoms. The zero-order valence-electron chi connectivity index (χ0n) is 15.2. The van der Waals surface area contributed by atoms with Gasteiger partial charge in [0.25, 0.3) is 0 Å². The second kappa shape index (κ2) is 9.31. The number of nitrogens with one attached hydrogen (secondary N) is 2. The van der Waals surface area contributed by atoms with E-state index < -0.39 is 0 Å². The SMILES string of the molecule is COc1ccc(NC(=O)NCC2CCN(Cc3ccc(Cl)c(Cl)c3)C2)cc1. The second-order valence-corrected chi connectivity index (χ2v) is 7.52. The van der Waals surface area contributed by atoms with Crippen molar-refractivity contribution in [2.45, 2.75) is 13.0 Å². The van der Waals surface area contributed by atoms with Gasteiger partial charge in [0.05, 0.1) is 17.2 Å². The maximum atomic E-state index is 12.1. The molecule has 1 saturated heterocycles. The quantitative estimate of drug-likeness (QED) is 0.732. The van der Waals surface area contributed by atoms with Crippen LogP contribution in [0.15, 0.2) is 42.5 Å². The Labute approximate surface area is 169 Å². The van der Waals surface area contributed by atoms with Gasteiger partial charge in [-0.15, -0.1) is 0 Å². The van der Waals surface area contributed by atoms with E-state index in [4.69, 9.17) is 27.9 Å². The van der Waals surface area contributed by atoms with E-state index in [2.05, 4.69) is 15.5 Å². The van der Waals surface area contributed by atoms with Crippen LogP contribution in [0.1, 0.15) is 12.0 Å². The van der Waals surface area contributed by atoms with Gasteiger partial charge in [-0.1, -0.05) is 29.3 Å². The number of carbonyl (C=O) groups is 1. The number of hydrogen-bond donors (Lipinski definition) is 2. The molecule has 2 aromatic rings. The van der Waals surface area contributed by atoms with E-state index in [1.807, 2.05) is 42.5 Å². The number of nitrogens with zero attached hydrogens (tertiary/aromatic N) is 1. The van der Waals surface area contributed by atoms with Gasteiger partial charge in [0.2, 0.25) is 0 Å². The molecule has 7 heteroatoms. The number of urea groups is 1. The van der Waals surface area contributed by atoms with Gasteiger partial charge in [-0.2, -0.15) is 0 Å². The molecule has 0 bridgehead atoms. The zero-order valence-corrected chi connectivity index (χ0v) is 16.7. The van der Waals surface area contributed by atoms with Crippen LogP contribution in [0, 0.1) is 5.92 Å². The van der Waals surface area contributed by atoms with Gasteiger partial charge < -0.3 is 15.4 Å². The maximum absolute atomic E-state index is 12.1. The number of rotatable bonds is 6. The average Bonchev–Trinajstić information content (AvgIpc) is 3.11. The van der Waals surface area contributed by atoms with Crippen molar-refractivity contribution < 1.29 is 9.53 Å². The summed E-state index contributed by atoms with van der Waals surface area (Å²) in [6.45, 7) is 3.45. The van der Waals surface area contributed by atoms with Crippen molar-refractivity contribution in [3.05, 3.63) is 58.1 Å². The van der Waals surface area contributed by atoms with Crippen LogP contribution in [0.3, 0.4) is 0 Å². The monoisotopic (exact) mass is 407 g/mol. The molecule has 1 unspecified atom stereocenters. The van der Waals surface area contributed by atoms with E-state index >= 15 is 0 Å². The Bertz CT molecular complexity index is 783. The highest BCUT2D eigenvalue weighted by Gasteiger charge is 2.23. The Balaban J connectivity index is 1.41. The third-order valence-corrected chi connectivity index (χ3v) is 5.40. The summed E-state index contributed by atoms with van der Waals surface area (Å²) < 4.78 is 5.11. The van der Waals surface area contributed by atoms with Crippen LogP contribution in [-0.2, 0) is 6.54 Å². The summed E-state index contributed by atoms with van der Waals surface area (Å²) in [4.78, 5) is 14.4. The van der Waals surface area contributed by atoms with Crippen molar-refractivity contribution in [3.63, 3.8) is 0 Å². The maximum Gasteiger partial charge on any atom is 0.319 e. The molecule has 1 aliphatic rings. The normalized spacial score (nSPS) is 16.9. The van der Waals surface area contributed by atoms with Crippen LogP contribution in [0.2, 0.25) is 10.0 Å². The van der Waals surface area contributed by atoms with E-state index in [0.717, 1.165) is 43.1 Å². The first-order valence-corrected chi connectivity index (χ1v) is 9.64. The van der Waals surface area contributed by atoms with Crippen molar-refractivity contribution in [3.8, 4) is 5.75 Å². The number of benzene rings is 2. The highest BCUT2D eigenvalue weighted by Crippen LogP contribution is 2.25. The average molecular weight is 408 g/mol. The van der Waals surface area contributed by atoms with E-state index in [0.29, 0.717) is 22.5 Å². The molecule has 0 spiro atoms. The van der Waals surface area contributed by atoms with Crippen LogP contribution in [0.5, 0.6) is 5.75 Å². The molecule has 3 rings (SSSR count). The summed E-state index contributed by atoms with van der Waals surface area (Å²) >= 11 is 12.1. The van der Waals surface area contributed by atoms with Crippen molar-refractivity contribution in [1.82, 2.24) is 10.2 Å². The first kappa shape index (κ1) is 19.8. The molecule has 1 fully saturated rings. The van der Waals surface area contributed by atoms with Crippen LogP contribution < -0.4 is 15.4 Å². The number of amides is 2. The van der Waals surface area contributed by atoms with E-state index in [-0.39, 0.29) is 6.03 Å². The van der Waals surface area contributed by atoms with Crippen LogP contribution in [0.25, 0.3) is 0 Å². The topological polar surface area (TPSA) is 53.6 Å². The molecular weight excluding hydrogens is 385 g/mol. The second-order valence-electron chi connectivity index (χ2n) is 6.70. The van der Waals surface area contributed by atoms with Gasteiger partial charge in [0, 0.05) is 25.3 Å². The first-order chi connectivity index (χ1) is 13.0. The lowest BCUT2D eigenvalue weighted by atomic mass is 10.1. The molecule has 0 aliphatic carbocycles. The van der Waals surface area contributed by atoms with Gasteiger partial charge in [0.1, 0.15) is 5.75 Å². The Kier molecular flexibility index (Phi) is 6.83. The number of carbonyl (C=O) groups excluding carboxylic acids is 1. The van der Waals surface area contributed by atoms with Gasteiger partial charge >= 0.3 is 6.03 Å². The third-order valence-electron chi connectivity index (χ3n) is 4.66. The van der Waals surface area contributed by atoms with Crippen LogP contribution >= 0.6 is 23.2 Å². The Hall–Kier alpha value is -1.95. The fourth-order valence-electron chi connectivity index (χ4n) is 3.21. The standard InChI is InChI=1S/C20H23Cl2N3O2/c1-27-17-5-3-16(4-6-17)24-20(26)23-11-15-8-9-25(13-15)12-14-2-7-18(21)19(22)10-14/h2-7,10,15H,8-9,11-13H2,1H3,(H2,23,24,26). The van der Waals surface area contributed by atoms with Crippen LogP contribution in [-0.4, -0.2) is 37.7 Å². The Morgan fingerprint density at radius 2 is 1.96 bits per heavy atom. The summed E-state index contributed by atoms with van der Waals surface area (Å²) in [6, 6.07) is 12.8. The zero-order chi connectivity index (χ0) is 19.2. The highest BCUT2D eigenvalue weighted by molar-refractivity contribution is 6.42. The summed E-state index contributed by atoms with van der Waals surface area (Å²) in [7, 11) is 1.61. The summed E-state index contributed by atoms with van der Waals surface area (Å²) in [6.07, 6.45) is 1.06. The molecule has 144 valence electrons. The largest absolute Gasteiger partial charge is 0.497 e. The highest BCUT2D eigenvalue weighted by atomic mass is 35.5. The number of ether oxygens (including phenoxy) is 1. The number of hydrogen-bond acceptors (Lipinski definition) is 3. The van der Waals surface area contributed by atoms with Crippen molar-refractivity contribution in [2.75, 3.05) is 32.1 Å². The number of anilines is 1. The molecule has 1 heterocycles. The molecule has 5 nitrogen and oxygen atoms in total. The molecule has 0 saturated carbocycles. The predicted molar refractivity (Wildman–Crippen MR) is 110 cm³/mol. The lowest BCUT2D eigenvalue weighted by Gasteiger charge is -2.17. The smallest absolute Gasteiger partial charge is 0.319 e. The van der Waals surface area contributed by atoms with Crippen LogP contribution in [0.4, 0.5) is 10.5 Å². The van der Waals surface area contributed by atoms with Gasteiger partial charge in [-0.3, -0.25) is 4.90 Å². The van der Waals surface area contributed by atoms with E-state index in [1.165, 1.54) is 0 Å². The van der Waals surface area contributed by atoms with Gasteiger partial charge in [0.15, 0.2) is 0 Å². The molecular formula is C20H23Cl2N3O2. The predicted octanol–water partition coefficient (Wildman–Crippen LogP) is 4.65. The van der Waals surface area contributed by atoms with Crippen molar-refractivity contribution in [1.29, 1.82) is 0 Å². The lowest BCUT2D eigenvalue weighted by Crippen LogP contribution is -2.34.